The van der Waals surface area contributed by atoms with Gasteiger partial charge in [-0.05, 0) is 37.5 Å². The van der Waals surface area contributed by atoms with E-state index in [9.17, 15) is 14.4 Å². The summed E-state index contributed by atoms with van der Waals surface area (Å²) >= 11 is 0. The molecule has 1 aliphatic heterocycles. The van der Waals surface area contributed by atoms with E-state index in [2.05, 4.69) is 0 Å². The lowest BCUT2D eigenvalue weighted by atomic mass is 9.94. The van der Waals surface area contributed by atoms with Gasteiger partial charge in [0.05, 0.1) is 23.3 Å². The Morgan fingerprint density at radius 2 is 1.83 bits per heavy atom. The van der Waals surface area contributed by atoms with E-state index in [0.717, 1.165) is 38.5 Å². The number of rotatable bonds is 4. The van der Waals surface area contributed by atoms with E-state index in [-0.39, 0.29) is 17.9 Å². The van der Waals surface area contributed by atoms with Crippen LogP contribution in [-0.4, -0.2) is 35.3 Å². The van der Waals surface area contributed by atoms with Crippen molar-refractivity contribution in [1.29, 1.82) is 0 Å². The standard InChI is InChI=1S/C18H21NO4/c1-2-10-23-18(22)12-8-9-14-15(11-12)17(21)19(16(14)20)13-6-4-3-5-7-13/h8-9,11,13H,2-7,10H2,1H3. The van der Waals surface area contributed by atoms with E-state index in [1.54, 1.807) is 12.1 Å². The number of nitrogens with zero attached hydrogens (tertiary/aromatic N) is 1. The van der Waals surface area contributed by atoms with Crippen LogP contribution in [0.5, 0.6) is 0 Å². The van der Waals surface area contributed by atoms with Gasteiger partial charge in [-0.15, -0.1) is 0 Å². The molecule has 0 aromatic heterocycles. The lowest BCUT2D eigenvalue weighted by Gasteiger charge is -2.29. The maximum atomic E-state index is 12.6. The van der Waals surface area contributed by atoms with E-state index >= 15 is 0 Å². The molecule has 0 unspecified atom stereocenters. The van der Waals surface area contributed by atoms with Gasteiger partial charge in [-0.3, -0.25) is 14.5 Å². The highest BCUT2D eigenvalue weighted by Crippen LogP contribution is 2.31. The van der Waals surface area contributed by atoms with Crippen LogP contribution in [-0.2, 0) is 4.74 Å². The highest BCUT2D eigenvalue weighted by molar-refractivity contribution is 6.22. The third-order valence-corrected chi connectivity index (χ3v) is 4.53. The lowest BCUT2D eigenvalue weighted by molar-refractivity contribution is 0.0503. The van der Waals surface area contributed by atoms with Crippen molar-refractivity contribution in [2.24, 2.45) is 0 Å². The van der Waals surface area contributed by atoms with E-state index < -0.39 is 5.97 Å². The number of hydrogen-bond acceptors (Lipinski definition) is 4. The van der Waals surface area contributed by atoms with Gasteiger partial charge in [0.25, 0.3) is 11.8 Å². The quantitative estimate of drug-likeness (QED) is 0.632. The van der Waals surface area contributed by atoms with Gasteiger partial charge in [0.15, 0.2) is 0 Å². The first-order valence-electron chi connectivity index (χ1n) is 8.32. The lowest BCUT2D eigenvalue weighted by Crippen LogP contribution is -2.40. The summed E-state index contributed by atoms with van der Waals surface area (Å²) in [5, 5.41) is 0. The molecule has 5 nitrogen and oxygen atoms in total. The fourth-order valence-electron chi connectivity index (χ4n) is 3.34. The van der Waals surface area contributed by atoms with Crippen molar-refractivity contribution in [2.75, 3.05) is 6.61 Å². The monoisotopic (exact) mass is 315 g/mol. The molecule has 3 rings (SSSR count). The Labute approximate surface area is 135 Å². The summed E-state index contributed by atoms with van der Waals surface area (Å²) in [5.41, 5.74) is 1.04. The summed E-state index contributed by atoms with van der Waals surface area (Å²) < 4.78 is 5.09. The van der Waals surface area contributed by atoms with Crippen LogP contribution in [0.15, 0.2) is 18.2 Å². The Morgan fingerprint density at radius 1 is 1.13 bits per heavy atom. The third kappa shape index (κ3) is 2.87. The SMILES string of the molecule is CCCOC(=O)c1ccc2c(c1)C(=O)N(C1CCCCC1)C2=O. The number of imide groups is 1. The molecular formula is C18H21NO4. The molecule has 0 radical (unpaired) electrons. The van der Waals surface area contributed by atoms with Crippen molar-refractivity contribution in [3.05, 3.63) is 34.9 Å². The van der Waals surface area contributed by atoms with Crippen LogP contribution >= 0.6 is 0 Å². The van der Waals surface area contributed by atoms with E-state index in [1.807, 2.05) is 6.92 Å². The Kier molecular flexibility index (Phi) is 4.46. The number of benzene rings is 1. The van der Waals surface area contributed by atoms with Crippen molar-refractivity contribution in [1.82, 2.24) is 4.90 Å². The Balaban J connectivity index is 1.85. The highest BCUT2D eigenvalue weighted by Gasteiger charge is 2.40. The maximum absolute atomic E-state index is 12.6. The molecule has 1 fully saturated rings. The minimum absolute atomic E-state index is 0.00774. The Bertz CT molecular complexity index is 646. The van der Waals surface area contributed by atoms with E-state index in [0.29, 0.717) is 23.3 Å². The summed E-state index contributed by atoms with van der Waals surface area (Å²) in [7, 11) is 0. The molecule has 0 N–H and O–H groups in total. The van der Waals surface area contributed by atoms with Crippen molar-refractivity contribution in [2.45, 2.75) is 51.5 Å². The summed E-state index contributed by atoms with van der Waals surface area (Å²) in [6.07, 6.45) is 5.74. The maximum Gasteiger partial charge on any atom is 0.338 e. The summed E-state index contributed by atoms with van der Waals surface area (Å²) in [6.45, 7) is 2.26. The van der Waals surface area contributed by atoms with Gasteiger partial charge in [0.2, 0.25) is 0 Å². The Hall–Kier alpha value is -2.17. The molecule has 0 atom stereocenters. The fourth-order valence-corrected chi connectivity index (χ4v) is 3.34. The summed E-state index contributed by atoms with van der Waals surface area (Å²) in [5.74, 6) is -0.960. The van der Waals surface area contributed by atoms with Crippen LogP contribution in [0.3, 0.4) is 0 Å². The molecular weight excluding hydrogens is 294 g/mol. The zero-order valence-corrected chi connectivity index (χ0v) is 13.3. The van der Waals surface area contributed by atoms with Crippen LogP contribution in [0.1, 0.15) is 76.5 Å². The molecule has 5 heteroatoms. The van der Waals surface area contributed by atoms with E-state index in [4.69, 9.17) is 4.74 Å². The molecule has 122 valence electrons. The van der Waals surface area contributed by atoms with Gasteiger partial charge in [-0.1, -0.05) is 26.2 Å². The second kappa shape index (κ2) is 6.52. The van der Waals surface area contributed by atoms with Crippen LogP contribution in [0.4, 0.5) is 0 Å². The second-order valence-electron chi connectivity index (χ2n) is 6.17. The fraction of sp³-hybridized carbons (Fsp3) is 0.500. The number of carbonyl (C=O) groups is 3. The molecule has 1 aromatic carbocycles. The van der Waals surface area contributed by atoms with Gasteiger partial charge in [-0.2, -0.15) is 0 Å². The minimum atomic E-state index is -0.453. The van der Waals surface area contributed by atoms with Gasteiger partial charge in [0, 0.05) is 6.04 Å². The van der Waals surface area contributed by atoms with Crippen molar-refractivity contribution < 1.29 is 19.1 Å². The number of hydrogen-bond donors (Lipinski definition) is 0. The molecule has 0 spiro atoms. The van der Waals surface area contributed by atoms with Crippen LogP contribution in [0.2, 0.25) is 0 Å². The number of amides is 2. The minimum Gasteiger partial charge on any atom is -0.462 e. The Morgan fingerprint density at radius 3 is 2.52 bits per heavy atom. The second-order valence-corrected chi connectivity index (χ2v) is 6.17. The number of carbonyl (C=O) groups excluding carboxylic acids is 3. The highest BCUT2D eigenvalue weighted by atomic mass is 16.5. The smallest absolute Gasteiger partial charge is 0.338 e. The molecule has 1 heterocycles. The molecule has 2 aliphatic rings. The van der Waals surface area contributed by atoms with Crippen molar-refractivity contribution in [3.8, 4) is 0 Å². The molecule has 1 saturated carbocycles. The largest absolute Gasteiger partial charge is 0.462 e. The number of esters is 1. The van der Waals surface area contributed by atoms with Crippen LogP contribution in [0.25, 0.3) is 0 Å². The first-order chi connectivity index (χ1) is 11.1. The van der Waals surface area contributed by atoms with E-state index in [1.165, 1.54) is 11.0 Å². The molecule has 2 amide bonds. The van der Waals surface area contributed by atoms with Crippen LogP contribution < -0.4 is 0 Å². The zero-order valence-electron chi connectivity index (χ0n) is 13.3. The topological polar surface area (TPSA) is 63.7 Å². The summed E-state index contributed by atoms with van der Waals surface area (Å²) in [4.78, 5) is 38.5. The van der Waals surface area contributed by atoms with Crippen LogP contribution in [0, 0.1) is 0 Å². The predicted octanol–water partition coefficient (Wildman–Crippen LogP) is 3.18. The molecule has 0 saturated heterocycles. The normalized spacial score (nSPS) is 18.2. The average Bonchev–Trinajstić information content (AvgIpc) is 2.84. The van der Waals surface area contributed by atoms with Gasteiger partial charge >= 0.3 is 5.97 Å². The predicted molar refractivity (Wildman–Crippen MR) is 84.4 cm³/mol. The molecule has 23 heavy (non-hydrogen) atoms. The van der Waals surface area contributed by atoms with Crippen molar-refractivity contribution in [3.63, 3.8) is 0 Å². The molecule has 0 bridgehead atoms. The number of ether oxygens (including phenoxy) is 1. The van der Waals surface area contributed by atoms with Gasteiger partial charge in [0.1, 0.15) is 0 Å². The van der Waals surface area contributed by atoms with Crippen molar-refractivity contribution >= 4 is 17.8 Å². The third-order valence-electron chi connectivity index (χ3n) is 4.53. The molecule has 1 aromatic rings. The average molecular weight is 315 g/mol. The first-order valence-corrected chi connectivity index (χ1v) is 8.32. The van der Waals surface area contributed by atoms with Gasteiger partial charge < -0.3 is 4.74 Å². The van der Waals surface area contributed by atoms with Gasteiger partial charge in [-0.25, -0.2) is 4.79 Å². The number of fused-ring (bicyclic) bond motifs is 1. The first kappa shape index (κ1) is 15.7. The summed E-state index contributed by atoms with van der Waals surface area (Å²) in [6, 6.07) is 4.62. The zero-order chi connectivity index (χ0) is 16.4. The molecule has 1 aliphatic carbocycles.